The van der Waals surface area contributed by atoms with E-state index in [1.807, 2.05) is 12.1 Å². The van der Waals surface area contributed by atoms with Gasteiger partial charge in [-0.2, -0.15) is 0 Å². The molecule has 0 fully saturated rings. The van der Waals surface area contributed by atoms with E-state index in [1.54, 1.807) is 13.2 Å². The number of methoxy groups -OCH3 is 1. The molecule has 0 spiro atoms. The van der Waals surface area contributed by atoms with E-state index >= 15 is 0 Å². The fourth-order valence-electron chi connectivity index (χ4n) is 1.51. The van der Waals surface area contributed by atoms with Crippen LogP contribution in [0.15, 0.2) is 18.2 Å². The Kier molecular flexibility index (Phi) is 4.47. The van der Waals surface area contributed by atoms with Gasteiger partial charge in [0.15, 0.2) is 0 Å². The Morgan fingerprint density at radius 3 is 2.71 bits per heavy atom. The van der Waals surface area contributed by atoms with Gasteiger partial charge >= 0.3 is 0 Å². The molecule has 0 bridgehead atoms. The lowest BCUT2D eigenvalue weighted by Crippen LogP contribution is -1.95. The quantitative estimate of drug-likeness (QED) is 0.781. The summed E-state index contributed by atoms with van der Waals surface area (Å²) in [6.45, 7) is 2.79. The average molecular weight is 194 g/mol. The standard InChI is InChI=1S/C12H18O2/c1-3-4-5-10-8-12(13)7-6-11(10)9-14-2/h6-8,13H,3-5,9H2,1-2H3. The highest BCUT2D eigenvalue weighted by molar-refractivity contribution is 5.34. The summed E-state index contributed by atoms with van der Waals surface area (Å²) in [6, 6.07) is 5.48. The Hall–Kier alpha value is -1.02. The molecule has 0 heterocycles. The van der Waals surface area contributed by atoms with Crippen molar-refractivity contribution in [2.45, 2.75) is 32.8 Å². The van der Waals surface area contributed by atoms with Gasteiger partial charge in [0, 0.05) is 7.11 Å². The lowest BCUT2D eigenvalue weighted by atomic mass is 10.0. The summed E-state index contributed by atoms with van der Waals surface area (Å²) in [5.41, 5.74) is 2.38. The van der Waals surface area contributed by atoms with Crippen molar-refractivity contribution >= 4 is 0 Å². The van der Waals surface area contributed by atoms with E-state index in [0.29, 0.717) is 12.4 Å². The first-order valence-electron chi connectivity index (χ1n) is 5.07. The number of hydrogen-bond donors (Lipinski definition) is 1. The van der Waals surface area contributed by atoms with E-state index in [4.69, 9.17) is 4.74 Å². The van der Waals surface area contributed by atoms with Crippen LogP contribution in [-0.2, 0) is 17.8 Å². The van der Waals surface area contributed by atoms with E-state index in [0.717, 1.165) is 12.8 Å². The second-order valence-corrected chi connectivity index (χ2v) is 3.49. The normalized spacial score (nSPS) is 10.4. The minimum atomic E-state index is 0.343. The van der Waals surface area contributed by atoms with Crippen LogP contribution < -0.4 is 0 Å². The van der Waals surface area contributed by atoms with Crippen LogP contribution in [0.3, 0.4) is 0 Å². The van der Waals surface area contributed by atoms with Crippen molar-refractivity contribution in [3.63, 3.8) is 0 Å². The van der Waals surface area contributed by atoms with Gasteiger partial charge in [-0.25, -0.2) is 0 Å². The molecule has 1 aromatic rings. The molecule has 0 aliphatic rings. The summed E-state index contributed by atoms with van der Waals surface area (Å²) < 4.78 is 5.11. The minimum absolute atomic E-state index is 0.343. The molecule has 14 heavy (non-hydrogen) atoms. The van der Waals surface area contributed by atoms with E-state index in [-0.39, 0.29) is 0 Å². The zero-order chi connectivity index (χ0) is 10.4. The van der Waals surface area contributed by atoms with E-state index in [1.165, 1.54) is 17.5 Å². The van der Waals surface area contributed by atoms with Crippen LogP contribution >= 0.6 is 0 Å². The molecular formula is C12H18O2. The van der Waals surface area contributed by atoms with Crippen molar-refractivity contribution in [1.82, 2.24) is 0 Å². The minimum Gasteiger partial charge on any atom is -0.508 e. The van der Waals surface area contributed by atoms with Crippen LogP contribution in [0.5, 0.6) is 5.75 Å². The number of ether oxygens (including phenoxy) is 1. The van der Waals surface area contributed by atoms with E-state index in [9.17, 15) is 5.11 Å². The van der Waals surface area contributed by atoms with Gasteiger partial charge in [-0.15, -0.1) is 0 Å². The molecule has 0 atom stereocenters. The first kappa shape index (κ1) is 11.1. The van der Waals surface area contributed by atoms with Gasteiger partial charge in [0.05, 0.1) is 6.61 Å². The SMILES string of the molecule is CCCCc1cc(O)ccc1COC. The number of phenolic OH excluding ortho intramolecular Hbond substituents is 1. The van der Waals surface area contributed by atoms with Gasteiger partial charge in [0.2, 0.25) is 0 Å². The second-order valence-electron chi connectivity index (χ2n) is 3.49. The highest BCUT2D eigenvalue weighted by atomic mass is 16.5. The molecule has 0 saturated carbocycles. The molecular weight excluding hydrogens is 176 g/mol. The monoisotopic (exact) mass is 194 g/mol. The molecule has 1 N–H and O–H groups in total. The van der Waals surface area contributed by atoms with Gasteiger partial charge in [-0.1, -0.05) is 19.4 Å². The number of benzene rings is 1. The first-order valence-corrected chi connectivity index (χ1v) is 5.07. The Bertz CT molecular complexity index is 282. The third kappa shape index (κ3) is 3.04. The van der Waals surface area contributed by atoms with Crippen LogP contribution in [-0.4, -0.2) is 12.2 Å². The number of hydrogen-bond acceptors (Lipinski definition) is 2. The number of unbranched alkanes of at least 4 members (excludes halogenated alkanes) is 1. The number of aromatic hydroxyl groups is 1. The van der Waals surface area contributed by atoms with Crippen molar-refractivity contribution < 1.29 is 9.84 Å². The third-order valence-corrected chi connectivity index (χ3v) is 2.29. The van der Waals surface area contributed by atoms with Gasteiger partial charge in [0.1, 0.15) is 5.75 Å². The molecule has 0 unspecified atom stereocenters. The molecule has 0 radical (unpaired) electrons. The van der Waals surface area contributed by atoms with Gasteiger partial charge in [0.25, 0.3) is 0 Å². The summed E-state index contributed by atoms with van der Waals surface area (Å²) in [5, 5.41) is 9.36. The topological polar surface area (TPSA) is 29.5 Å². The fraction of sp³-hybridized carbons (Fsp3) is 0.500. The van der Waals surface area contributed by atoms with Gasteiger partial charge < -0.3 is 9.84 Å². The van der Waals surface area contributed by atoms with Crippen LogP contribution in [0.2, 0.25) is 0 Å². The molecule has 0 aliphatic heterocycles. The Labute approximate surface area is 85.5 Å². The Balaban J connectivity index is 2.79. The maximum atomic E-state index is 9.36. The van der Waals surface area contributed by atoms with Crippen LogP contribution in [0.25, 0.3) is 0 Å². The molecule has 2 heteroatoms. The van der Waals surface area contributed by atoms with Crippen LogP contribution in [0.4, 0.5) is 0 Å². The molecule has 0 amide bonds. The molecule has 0 aliphatic carbocycles. The molecule has 0 saturated heterocycles. The number of rotatable bonds is 5. The third-order valence-electron chi connectivity index (χ3n) is 2.29. The van der Waals surface area contributed by atoms with Crippen LogP contribution in [0.1, 0.15) is 30.9 Å². The Morgan fingerprint density at radius 2 is 2.07 bits per heavy atom. The van der Waals surface area contributed by atoms with Crippen molar-refractivity contribution in [1.29, 1.82) is 0 Å². The Morgan fingerprint density at radius 1 is 1.29 bits per heavy atom. The van der Waals surface area contributed by atoms with Crippen molar-refractivity contribution in [3.8, 4) is 5.75 Å². The molecule has 78 valence electrons. The van der Waals surface area contributed by atoms with E-state index in [2.05, 4.69) is 6.92 Å². The maximum absolute atomic E-state index is 9.36. The zero-order valence-electron chi connectivity index (χ0n) is 8.92. The molecule has 1 aromatic carbocycles. The summed E-state index contributed by atoms with van der Waals surface area (Å²) in [5.74, 6) is 0.343. The smallest absolute Gasteiger partial charge is 0.115 e. The summed E-state index contributed by atoms with van der Waals surface area (Å²) in [6.07, 6.45) is 3.34. The molecule has 2 nitrogen and oxygen atoms in total. The first-order chi connectivity index (χ1) is 6.77. The second kappa shape index (κ2) is 5.66. The van der Waals surface area contributed by atoms with Crippen molar-refractivity contribution in [2.75, 3.05) is 7.11 Å². The summed E-state index contributed by atoms with van der Waals surface area (Å²) in [4.78, 5) is 0. The lowest BCUT2D eigenvalue weighted by molar-refractivity contribution is 0.184. The lowest BCUT2D eigenvalue weighted by Gasteiger charge is -2.08. The van der Waals surface area contributed by atoms with E-state index < -0.39 is 0 Å². The molecule has 1 rings (SSSR count). The highest BCUT2D eigenvalue weighted by Gasteiger charge is 2.02. The molecule has 0 aromatic heterocycles. The predicted octanol–water partition coefficient (Wildman–Crippen LogP) is 2.88. The summed E-state index contributed by atoms with van der Waals surface area (Å²) >= 11 is 0. The summed E-state index contributed by atoms with van der Waals surface area (Å²) in [7, 11) is 1.69. The van der Waals surface area contributed by atoms with Gasteiger partial charge in [-0.05, 0) is 36.1 Å². The largest absolute Gasteiger partial charge is 0.508 e. The van der Waals surface area contributed by atoms with Crippen molar-refractivity contribution in [2.24, 2.45) is 0 Å². The fourth-order valence-corrected chi connectivity index (χ4v) is 1.51. The highest BCUT2D eigenvalue weighted by Crippen LogP contribution is 2.19. The number of phenols is 1. The predicted molar refractivity (Wildman–Crippen MR) is 57.4 cm³/mol. The van der Waals surface area contributed by atoms with Crippen molar-refractivity contribution in [3.05, 3.63) is 29.3 Å². The zero-order valence-corrected chi connectivity index (χ0v) is 8.92. The van der Waals surface area contributed by atoms with Gasteiger partial charge in [-0.3, -0.25) is 0 Å². The average Bonchev–Trinajstić information content (AvgIpc) is 2.18. The number of aryl methyl sites for hydroxylation is 1. The van der Waals surface area contributed by atoms with Crippen LogP contribution in [0, 0.1) is 0 Å². The maximum Gasteiger partial charge on any atom is 0.115 e.